The Bertz CT molecular complexity index is 443. The smallest absolute Gasteiger partial charge is 0.179 e. The largest absolute Gasteiger partial charge is 0.489 e. The van der Waals surface area contributed by atoms with Crippen molar-refractivity contribution in [2.24, 2.45) is 0 Å². The summed E-state index contributed by atoms with van der Waals surface area (Å²) in [6, 6.07) is 3.80. The standard InChI is InChI=1S/C14H20ClNO3/c1-14(2,17)9-16-8-10-6-11(15)13-12(7-10)18-4-3-5-19-13/h6-7,16-17H,3-5,8-9H2,1-2H3. The van der Waals surface area contributed by atoms with Crippen molar-refractivity contribution in [3.8, 4) is 11.5 Å². The molecular weight excluding hydrogens is 266 g/mol. The van der Waals surface area contributed by atoms with Crippen LogP contribution in [0.5, 0.6) is 11.5 Å². The second kappa shape index (κ2) is 5.99. The summed E-state index contributed by atoms with van der Waals surface area (Å²) >= 11 is 6.21. The first-order valence-corrected chi connectivity index (χ1v) is 6.85. The van der Waals surface area contributed by atoms with E-state index in [0.717, 1.165) is 12.0 Å². The summed E-state index contributed by atoms with van der Waals surface area (Å²) in [5.74, 6) is 1.33. The molecule has 0 aromatic heterocycles. The molecule has 0 bridgehead atoms. The van der Waals surface area contributed by atoms with E-state index in [9.17, 15) is 5.11 Å². The summed E-state index contributed by atoms with van der Waals surface area (Å²) in [5.41, 5.74) is 0.285. The van der Waals surface area contributed by atoms with Crippen LogP contribution in [0.15, 0.2) is 12.1 Å². The normalized spacial score (nSPS) is 15.2. The van der Waals surface area contributed by atoms with Gasteiger partial charge in [0.2, 0.25) is 0 Å². The average molecular weight is 286 g/mol. The topological polar surface area (TPSA) is 50.7 Å². The lowest BCUT2D eigenvalue weighted by Gasteiger charge is -2.18. The van der Waals surface area contributed by atoms with Crippen molar-refractivity contribution in [3.05, 3.63) is 22.7 Å². The molecule has 0 amide bonds. The zero-order valence-electron chi connectivity index (χ0n) is 11.3. The molecule has 0 radical (unpaired) electrons. The Morgan fingerprint density at radius 1 is 1.32 bits per heavy atom. The number of fused-ring (bicyclic) bond motifs is 1. The van der Waals surface area contributed by atoms with Gasteiger partial charge in [0.15, 0.2) is 11.5 Å². The molecule has 106 valence electrons. The van der Waals surface area contributed by atoms with E-state index in [-0.39, 0.29) is 0 Å². The van der Waals surface area contributed by atoms with Crippen molar-refractivity contribution in [1.29, 1.82) is 0 Å². The maximum Gasteiger partial charge on any atom is 0.179 e. The van der Waals surface area contributed by atoms with Crippen LogP contribution in [0.3, 0.4) is 0 Å². The second-order valence-electron chi connectivity index (χ2n) is 5.37. The molecule has 1 aromatic rings. The summed E-state index contributed by atoms with van der Waals surface area (Å²) in [6.07, 6.45) is 0.858. The number of halogens is 1. The van der Waals surface area contributed by atoms with Crippen LogP contribution in [0.2, 0.25) is 5.02 Å². The first kappa shape index (κ1) is 14.4. The summed E-state index contributed by atoms with van der Waals surface area (Å²) in [5, 5.41) is 13.4. The monoisotopic (exact) mass is 285 g/mol. The van der Waals surface area contributed by atoms with Gasteiger partial charge in [0.25, 0.3) is 0 Å². The molecule has 0 aliphatic carbocycles. The fraction of sp³-hybridized carbons (Fsp3) is 0.571. The van der Waals surface area contributed by atoms with E-state index >= 15 is 0 Å². The van der Waals surface area contributed by atoms with Gasteiger partial charge >= 0.3 is 0 Å². The van der Waals surface area contributed by atoms with Gasteiger partial charge in [0.1, 0.15) is 0 Å². The van der Waals surface area contributed by atoms with Crippen LogP contribution in [0.25, 0.3) is 0 Å². The van der Waals surface area contributed by atoms with Crippen LogP contribution in [-0.2, 0) is 6.54 Å². The molecule has 1 aromatic carbocycles. The Morgan fingerprint density at radius 2 is 2.05 bits per heavy atom. The number of ether oxygens (including phenoxy) is 2. The van der Waals surface area contributed by atoms with Crippen molar-refractivity contribution in [3.63, 3.8) is 0 Å². The van der Waals surface area contributed by atoms with Crippen LogP contribution < -0.4 is 14.8 Å². The number of aliphatic hydroxyl groups is 1. The molecule has 1 aliphatic heterocycles. The van der Waals surface area contributed by atoms with E-state index in [1.165, 1.54) is 0 Å². The second-order valence-corrected chi connectivity index (χ2v) is 5.78. The van der Waals surface area contributed by atoms with Gasteiger partial charge in [-0.3, -0.25) is 0 Å². The quantitative estimate of drug-likeness (QED) is 0.892. The molecule has 4 nitrogen and oxygen atoms in total. The molecule has 0 atom stereocenters. The summed E-state index contributed by atoms with van der Waals surface area (Å²) in [4.78, 5) is 0. The lowest BCUT2D eigenvalue weighted by molar-refractivity contribution is 0.0795. The van der Waals surface area contributed by atoms with Crippen molar-refractivity contribution >= 4 is 11.6 Å². The van der Waals surface area contributed by atoms with Gasteiger partial charge in [0, 0.05) is 19.5 Å². The molecule has 1 aliphatic rings. The van der Waals surface area contributed by atoms with E-state index in [1.807, 2.05) is 12.1 Å². The lowest BCUT2D eigenvalue weighted by Crippen LogP contribution is -2.34. The Kier molecular flexibility index (Phi) is 4.55. The van der Waals surface area contributed by atoms with Gasteiger partial charge in [-0.05, 0) is 31.5 Å². The number of nitrogens with one attached hydrogen (secondary N) is 1. The lowest BCUT2D eigenvalue weighted by atomic mass is 10.1. The summed E-state index contributed by atoms with van der Waals surface area (Å²) in [6.45, 7) is 5.94. The maximum absolute atomic E-state index is 9.65. The predicted octanol–water partition coefficient (Wildman–Crippen LogP) is 2.36. The first-order valence-electron chi connectivity index (χ1n) is 6.47. The summed E-state index contributed by atoms with van der Waals surface area (Å²) < 4.78 is 11.2. The number of hydrogen-bond donors (Lipinski definition) is 2. The van der Waals surface area contributed by atoms with Crippen LogP contribution in [0.1, 0.15) is 25.8 Å². The molecule has 5 heteroatoms. The van der Waals surface area contributed by atoms with E-state index in [2.05, 4.69) is 5.32 Å². The average Bonchev–Trinajstić information content (AvgIpc) is 2.52. The van der Waals surface area contributed by atoms with Crippen molar-refractivity contribution in [2.75, 3.05) is 19.8 Å². The van der Waals surface area contributed by atoms with Crippen LogP contribution in [-0.4, -0.2) is 30.5 Å². The Morgan fingerprint density at radius 3 is 2.79 bits per heavy atom. The van der Waals surface area contributed by atoms with Gasteiger partial charge in [-0.15, -0.1) is 0 Å². The molecule has 1 heterocycles. The molecule has 0 saturated heterocycles. The van der Waals surface area contributed by atoms with E-state index in [1.54, 1.807) is 13.8 Å². The molecule has 0 unspecified atom stereocenters. The highest BCUT2D eigenvalue weighted by molar-refractivity contribution is 6.32. The van der Waals surface area contributed by atoms with E-state index in [4.69, 9.17) is 21.1 Å². The predicted molar refractivity (Wildman–Crippen MR) is 75.1 cm³/mol. The van der Waals surface area contributed by atoms with E-state index in [0.29, 0.717) is 42.8 Å². The third kappa shape index (κ3) is 4.27. The third-order valence-corrected chi connectivity index (χ3v) is 3.03. The van der Waals surface area contributed by atoms with Gasteiger partial charge < -0.3 is 19.9 Å². The Hall–Kier alpha value is -0.970. The molecule has 0 saturated carbocycles. The van der Waals surface area contributed by atoms with Crippen LogP contribution in [0, 0.1) is 0 Å². The SMILES string of the molecule is CC(C)(O)CNCc1cc(Cl)c2c(c1)OCCCO2. The third-order valence-electron chi connectivity index (χ3n) is 2.75. The molecule has 2 rings (SSSR count). The highest BCUT2D eigenvalue weighted by Crippen LogP contribution is 2.37. The molecule has 0 spiro atoms. The fourth-order valence-electron chi connectivity index (χ4n) is 1.90. The molecule has 0 fully saturated rings. The van der Waals surface area contributed by atoms with Gasteiger partial charge in [-0.1, -0.05) is 11.6 Å². The van der Waals surface area contributed by atoms with Gasteiger partial charge in [0.05, 0.1) is 23.8 Å². The number of benzene rings is 1. The Balaban J connectivity index is 2.06. The Labute approximate surface area is 118 Å². The molecule has 2 N–H and O–H groups in total. The van der Waals surface area contributed by atoms with E-state index < -0.39 is 5.60 Å². The van der Waals surface area contributed by atoms with Crippen molar-refractivity contribution in [2.45, 2.75) is 32.4 Å². The van der Waals surface area contributed by atoms with Crippen LogP contribution in [0.4, 0.5) is 0 Å². The number of rotatable bonds is 4. The maximum atomic E-state index is 9.65. The minimum absolute atomic E-state index is 0.513. The minimum atomic E-state index is -0.727. The van der Waals surface area contributed by atoms with Crippen molar-refractivity contribution in [1.82, 2.24) is 5.32 Å². The highest BCUT2D eigenvalue weighted by atomic mass is 35.5. The van der Waals surface area contributed by atoms with Gasteiger partial charge in [-0.25, -0.2) is 0 Å². The zero-order valence-corrected chi connectivity index (χ0v) is 12.1. The zero-order chi connectivity index (χ0) is 13.9. The first-order chi connectivity index (χ1) is 8.96. The number of hydrogen-bond acceptors (Lipinski definition) is 4. The highest BCUT2D eigenvalue weighted by Gasteiger charge is 2.16. The molecule has 19 heavy (non-hydrogen) atoms. The minimum Gasteiger partial charge on any atom is -0.489 e. The van der Waals surface area contributed by atoms with Crippen LogP contribution >= 0.6 is 11.6 Å². The van der Waals surface area contributed by atoms with Gasteiger partial charge in [-0.2, -0.15) is 0 Å². The fourth-order valence-corrected chi connectivity index (χ4v) is 2.19. The molecular formula is C14H20ClNO3. The van der Waals surface area contributed by atoms with Crippen molar-refractivity contribution < 1.29 is 14.6 Å². The summed E-state index contributed by atoms with van der Waals surface area (Å²) in [7, 11) is 0.